The second kappa shape index (κ2) is 5.88. The molecule has 6 heteroatoms. The maximum absolute atomic E-state index is 12.0. The lowest BCUT2D eigenvalue weighted by molar-refractivity contribution is 0.475. The lowest BCUT2D eigenvalue weighted by Crippen LogP contribution is -2.35. The molecular formula is C11H18N2O3S. The highest BCUT2D eigenvalue weighted by Gasteiger charge is 2.20. The monoisotopic (exact) mass is 258 g/mol. The van der Waals surface area contributed by atoms with Crippen molar-refractivity contribution >= 4 is 15.7 Å². The van der Waals surface area contributed by atoms with Crippen LogP contribution in [0.4, 0.5) is 5.69 Å². The summed E-state index contributed by atoms with van der Waals surface area (Å²) in [5, 5.41) is 12.2. The van der Waals surface area contributed by atoms with E-state index in [0.717, 1.165) is 0 Å². The van der Waals surface area contributed by atoms with E-state index in [4.69, 9.17) is 0 Å². The lowest BCUT2D eigenvalue weighted by atomic mass is 10.3. The number of sulfonamides is 1. The molecule has 0 saturated carbocycles. The zero-order valence-electron chi connectivity index (χ0n) is 10.0. The Morgan fingerprint density at radius 2 is 2.12 bits per heavy atom. The maximum atomic E-state index is 12.0. The molecule has 1 rings (SSSR count). The van der Waals surface area contributed by atoms with E-state index in [0.29, 0.717) is 18.8 Å². The predicted octanol–water partition coefficient (Wildman–Crippen LogP) is 0.768. The third-order valence-electron chi connectivity index (χ3n) is 2.35. The van der Waals surface area contributed by atoms with E-state index >= 15 is 0 Å². The van der Waals surface area contributed by atoms with Gasteiger partial charge in [0, 0.05) is 19.2 Å². The van der Waals surface area contributed by atoms with E-state index in [-0.39, 0.29) is 11.5 Å². The smallest absolute Gasteiger partial charge is 0.236 e. The van der Waals surface area contributed by atoms with Gasteiger partial charge in [-0.15, -0.1) is 0 Å². The molecule has 0 aliphatic carbocycles. The van der Waals surface area contributed by atoms with Crippen LogP contribution in [0.3, 0.4) is 0 Å². The Kier molecular flexibility index (Phi) is 4.77. The molecule has 0 heterocycles. The Labute approximate surface area is 102 Å². The van der Waals surface area contributed by atoms with Gasteiger partial charge < -0.3 is 10.4 Å². The van der Waals surface area contributed by atoms with Crippen LogP contribution in [0.25, 0.3) is 0 Å². The van der Waals surface area contributed by atoms with Crippen LogP contribution in [0, 0.1) is 0 Å². The van der Waals surface area contributed by atoms with Gasteiger partial charge in [-0.05, 0) is 26.1 Å². The molecule has 96 valence electrons. The van der Waals surface area contributed by atoms with Gasteiger partial charge in [0.05, 0.1) is 11.4 Å². The normalized spacial score (nSPS) is 11.4. The van der Waals surface area contributed by atoms with Crippen molar-refractivity contribution in [1.29, 1.82) is 0 Å². The fourth-order valence-electron chi connectivity index (χ4n) is 1.53. The van der Waals surface area contributed by atoms with E-state index in [2.05, 4.69) is 5.32 Å². The average molecular weight is 258 g/mol. The number of nitrogens with zero attached hydrogens (tertiary/aromatic N) is 1. The molecule has 1 aromatic carbocycles. The lowest BCUT2D eigenvalue weighted by Gasteiger charge is -2.22. The zero-order valence-corrected chi connectivity index (χ0v) is 10.9. The van der Waals surface area contributed by atoms with E-state index in [1.165, 1.54) is 16.4 Å². The average Bonchev–Trinajstić information content (AvgIpc) is 2.27. The molecule has 1 aromatic rings. The van der Waals surface area contributed by atoms with E-state index < -0.39 is 10.0 Å². The summed E-state index contributed by atoms with van der Waals surface area (Å²) < 4.78 is 25.4. The van der Waals surface area contributed by atoms with Crippen molar-refractivity contribution in [3.05, 3.63) is 24.3 Å². The Hall–Kier alpha value is -1.27. The molecule has 0 atom stereocenters. The van der Waals surface area contributed by atoms with Crippen molar-refractivity contribution in [1.82, 2.24) is 5.32 Å². The van der Waals surface area contributed by atoms with Crippen molar-refractivity contribution in [2.75, 3.05) is 30.2 Å². The van der Waals surface area contributed by atoms with Crippen LogP contribution in [-0.2, 0) is 10.0 Å². The topological polar surface area (TPSA) is 69.6 Å². The highest BCUT2D eigenvalue weighted by Crippen LogP contribution is 2.22. The minimum absolute atomic E-state index is 0.0347. The first-order valence-corrected chi connectivity index (χ1v) is 7.06. The van der Waals surface area contributed by atoms with Crippen LogP contribution in [0.5, 0.6) is 5.75 Å². The molecule has 0 bridgehead atoms. The Morgan fingerprint density at radius 1 is 1.41 bits per heavy atom. The van der Waals surface area contributed by atoms with Gasteiger partial charge in [0.1, 0.15) is 5.75 Å². The summed E-state index contributed by atoms with van der Waals surface area (Å²) in [6, 6.07) is 6.25. The molecule has 5 nitrogen and oxygen atoms in total. The molecule has 0 spiro atoms. The van der Waals surface area contributed by atoms with Gasteiger partial charge in [-0.3, -0.25) is 4.31 Å². The number of phenolic OH excluding ortho intramolecular Hbond substituents is 1. The molecule has 0 aliphatic rings. The number of nitrogens with one attached hydrogen (secondary N) is 1. The minimum Gasteiger partial charge on any atom is -0.508 e. The number of anilines is 1. The van der Waals surface area contributed by atoms with Crippen LogP contribution in [-0.4, -0.2) is 39.4 Å². The molecule has 0 fully saturated rings. The van der Waals surface area contributed by atoms with Gasteiger partial charge >= 0.3 is 0 Å². The summed E-state index contributed by atoms with van der Waals surface area (Å²) in [6.45, 7) is 2.51. The SMILES string of the molecule is CCN(c1cccc(O)c1)S(=O)(=O)CCNC. The fourth-order valence-corrected chi connectivity index (χ4v) is 3.04. The molecule has 0 aliphatic heterocycles. The summed E-state index contributed by atoms with van der Waals surface area (Å²) in [5.74, 6) is 0.0947. The molecule has 0 unspecified atom stereocenters. The number of rotatable bonds is 6. The molecule has 0 aromatic heterocycles. The van der Waals surface area contributed by atoms with Crippen LogP contribution in [0.15, 0.2) is 24.3 Å². The summed E-state index contributed by atoms with van der Waals surface area (Å²) in [5.41, 5.74) is 0.489. The zero-order chi connectivity index (χ0) is 12.9. The van der Waals surface area contributed by atoms with E-state index in [1.807, 2.05) is 0 Å². The van der Waals surface area contributed by atoms with E-state index in [1.54, 1.807) is 26.1 Å². The first-order valence-electron chi connectivity index (χ1n) is 5.45. The van der Waals surface area contributed by atoms with Crippen LogP contribution in [0.1, 0.15) is 6.92 Å². The molecule has 2 N–H and O–H groups in total. The fraction of sp³-hybridized carbons (Fsp3) is 0.455. The summed E-state index contributed by atoms with van der Waals surface area (Å²) in [7, 11) is -1.64. The van der Waals surface area contributed by atoms with Gasteiger partial charge in [0.15, 0.2) is 0 Å². The molecule has 0 saturated heterocycles. The number of hydrogen-bond acceptors (Lipinski definition) is 4. The summed E-state index contributed by atoms with van der Waals surface area (Å²) in [4.78, 5) is 0. The highest BCUT2D eigenvalue weighted by molar-refractivity contribution is 7.92. The Bertz CT molecular complexity index is 460. The standard InChI is InChI=1S/C11H18N2O3S/c1-3-13(17(15,16)8-7-12-2)10-5-4-6-11(14)9-10/h4-6,9,12,14H,3,7-8H2,1-2H3. The first-order chi connectivity index (χ1) is 8.01. The minimum atomic E-state index is -3.34. The van der Waals surface area contributed by atoms with Crippen molar-refractivity contribution in [3.63, 3.8) is 0 Å². The maximum Gasteiger partial charge on any atom is 0.236 e. The third kappa shape index (κ3) is 3.61. The molecular weight excluding hydrogens is 240 g/mol. The number of phenols is 1. The van der Waals surface area contributed by atoms with Crippen molar-refractivity contribution < 1.29 is 13.5 Å². The van der Waals surface area contributed by atoms with Crippen molar-refractivity contribution in [2.24, 2.45) is 0 Å². The van der Waals surface area contributed by atoms with Crippen molar-refractivity contribution in [2.45, 2.75) is 6.92 Å². The Balaban J connectivity index is 2.99. The second-order valence-corrected chi connectivity index (χ2v) is 5.62. The van der Waals surface area contributed by atoms with Gasteiger partial charge in [-0.25, -0.2) is 8.42 Å². The third-order valence-corrected chi connectivity index (χ3v) is 4.21. The van der Waals surface area contributed by atoms with Crippen molar-refractivity contribution in [3.8, 4) is 5.75 Å². The largest absolute Gasteiger partial charge is 0.508 e. The summed E-state index contributed by atoms with van der Waals surface area (Å²) in [6.07, 6.45) is 0. The number of benzene rings is 1. The summed E-state index contributed by atoms with van der Waals surface area (Å²) >= 11 is 0. The van der Waals surface area contributed by atoms with Crippen LogP contribution in [0.2, 0.25) is 0 Å². The van der Waals surface area contributed by atoms with Gasteiger partial charge in [-0.2, -0.15) is 0 Å². The van der Waals surface area contributed by atoms with Crippen LogP contribution >= 0.6 is 0 Å². The van der Waals surface area contributed by atoms with Gasteiger partial charge in [-0.1, -0.05) is 6.07 Å². The predicted molar refractivity (Wildman–Crippen MR) is 68.8 cm³/mol. The first kappa shape index (κ1) is 13.8. The number of hydrogen-bond donors (Lipinski definition) is 2. The van der Waals surface area contributed by atoms with E-state index in [9.17, 15) is 13.5 Å². The quantitative estimate of drug-likeness (QED) is 0.790. The van der Waals surface area contributed by atoms with Crippen LogP contribution < -0.4 is 9.62 Å². The van der Waals surface area contributed by atoms with Gasteiger partial charge in [0.2, 0.25) is 10.0 Å². The highest BCUT2D eigenvalue weighted by atomic mass is 32.2. The number of aromatic hydroxyl groups is 1. The molecule has 0 amide bonds. The van der Waals surface area contributed by atoms with Gasteiger partial charge in [0.25, 0.3) is 0 Å². The Morgan fingerprint density at radius 3 is 2.65 bits per heavy atom. The second-order valence-electron chi connectivity index (χ2n) is 3.60. The molecule has 17 heavy (non-hydrogen) atoms. The molecule has 0 radical (unpaired) electrons.